The third kappa shape index (κ3) is 1.76. The van der Waals surface area contributed by atoms with Crippen molar-refractivity contribution in [2.75, 3.05) is 0 Å². The van der Waals surface area contributed by atoms with Gasteiger partial charge in [0.05, 0.1) is 0 Å². The predicted octanol–water partition coefficient (Wildman–Crippen LogP) is 3.65. The highest BCUT2D eigenvalue weighted by Crippen LogP contribution is 2.28. The molecule has 0 atom stereocenters. The van der Waals surface area contributed by atoms with Crippen molar-refractivity contribution in [1.82, 2.24) is 0 Å². The largest absolute Gasteiger partial charge is 0.508 e. The first kappa shape index (κ1) is 10.6. The molecule has 0 fully saturated rings. The molecular formula is C13H10F2O. The highest BCUT2D eigenvalue weighted by atomic mass is 19.2. The van der Waals surface area contributed by atoms with E-state index in [1.54, 1.807) is 12.1 Å². The Hall–Kier alpha value is -1.90. The molecule has 82 valence electrons. The van der Waals surface area contributed by atoms with E-state index >= 15 is 0 Å². The second-order valence-electron chi connectivity index (χ2n) is 3.61. The summed E-state index contributed by atoms with van der Waals surface area (Å²) in [6.45, 7) is 1.50. The Kier molecular flexibility index (Phi) is 2.60. The lowest BCUT2D eigenvalue weighted by Crippen LogP contribution is -1.92. The van der Waals surface area contributed by atoms with Gasteiger partial charge in [0, 0.05) is 5.56 Å². The molecular weight excluding hydrogens is 210 g/mol. The summed E-state index contributed by atoms with van der Waals surface area (Å²) in [6.07, 6.45) is 0. The highest BCUT2D eigenvalue weighted by molar-refractivity contribution is 5.66. The smallest absolute Gasteiger partial charge is 0.166 e. The van der Waals surface area contributed by atoms with E-state index in [0.717, 1.165) is 0 Å². The second-order valence-corrected chi connectivity index (χ2v) is 3.61. The van der Waals surface area contributed by atoms with Gasteiger partial charge in [-0.1, -0.05) is 24.3 Å². The quantitative estimate of drug-likeness (QED) is 0.777. The fraction of sp³-hybridized carbons (Fsp3) is 0.0769. The normalized spacial score (nSPS) is 10.4. The number of phenolic OH excluding ortho intramolecular Hbond substituents is 1. The van der Waals surface area contributed by atoms with Gasteiger partial charge in [0.2, 0.25) is 0 Å². The van der Waals surface area contributed by atoms with Crippen LogP contribution >= 0.6 is 0 Å². The first-order valence-corrected chi connectivity index (χ1v) is 4.83. The summed E-state index contributed by atoms with van der Waals surface area (Å²) in [6, 6.07) is 9.09. The minimum absolute atomic E-state index is 0.0258. The Morgan fingerprint density at radius 3 is 2.44 bits per heavy atom. The van der Waals surface area contributed by atoms with Crippen LogP contribution in [0.15, 0.2) is 36.4 Å². The summed E-state index contributed by atoms with van der Waals surface area (Å²) >= 11 is 0. The molecule has 0 aliphatic carbocycles. The zero-order valence-corrected chi connectivity index (χ0v) is 8.67. The van der Waals surface area contributed by atoms with Crippen molar-refractivity contribution in [1.29, 1.82) is 0 Å². The number of hydrogen-bond donors (Lipinski definition) is 1. The van der Waals surface area contributed by atoms with Crippen LogP contribution < -0.4 is 0 Å². The van der Waals surface area contributed by atoms with Crippen LogP contribution in [-0.2, 0) is 0 Å². The van der Waals surface area contributed by atoms with Crippen LogP contribution in [0.1, 0.15) is 5.56 Å². The first-order valence-electron chi connectivity index (χ1n) is 4.83. The van der Waals surface area contributed by atoms with Gasteiger partial charge in [0.15, 0.2) is 11.6 Å². The number of rotatable bonds is 1. The van der Waals surface area contributed by atoms with Crippen LogP contribution in [0.25, 0.3) is 11.1 Å². The van der Waals surface area contributed by atoms with Gasteiger partial charge in [-0.05, 0) is 30.2 Å². The maximum atomic E-state index is 13.6. The average Bonchev–Trinajstić information content (AvgIpc) is 2.26. The van der Waals surface area contributed by atoms with Crippen LogP contribution in [0.4, 0.5) is 8.78 Å². The number of phenols is 1. The Morgan fingerprint density at radius 2 is 1.75 bits per heavy atom. The molecule has 0 aliphatic rings. The summed E-state index contributed by atoms with van der Waals surface area (Å²) in [4.78, 5) is 0. The topological polar surface area (TPSA) is 20.2 Å². The zero-order valence-electron chi connectivity index (χ0n) is 8.67. The van der Waals surface area contributed by atoms with Crippen LogP contribution in [0, 0.1) is 18.6 Å². The van der Waals surface area contributed by atoms with Crippen molar-refractivity contribution < 1.29 is 13.9 Å². The molecule has 0 spiro atoms. The van der Waals surface area contributed by atoms with Crippen molar-refractivity contribution in [3.05, 3.63) is 53.6 Å². The van der Waals surface area contributed by atoms with Gasteiger partial charge in [0.1, 0.15) is 5.75 Å². The van der Waals surface area contributed by atoms with Crippen LogP contribution in [-0.4, -0.2) is 5.11 Å². The summed E-state index contributed by atoms with van der Waals surface area (Å²) in [7, 11) is 0. The van der Waals surface area contributed by atoms with Gasteiger partial charge in [-0.25, -0.2) is 8.78 Å². The Bertz CT molecular complexity index is 535. The van der Waals surface area contributed by atoms with Gasteiger partial charge >= 0.3 is 0 Å². The number of halogens is 2. The van der Waals surface area contributed by atoms with E-state index in [-0.39, 0.29) is 16.9 Å². The number of benzene rings is 2. The molecule has 0 unspecified atom stereocenters. The van der Waals surface area contributed by atoms with E-state index in [0.29, 0.717) is 5.56 Å². The molecule has 0 heterocycles. The van der Waals surface area contributed by atoms with E-state index in [1.165, 1.54) is 31.2 Å². The maximum Gasteiger partial charge on any atom is 0.166 e. The summed E-state index contributed by atoms with van der Waals surface area (Å²) in [5.74, 6) is -1.70. The second kappa shape index (κ2) is 3.93. The summed E-state index contributed by atoms with van der Waals surface area (Å²) < 4.78 is 27.0. The lowest BCUT2D eigenvalue weighted by molar-refractivity contribution is 0.475. The Morgan fingerprint density at radius 1 is 1.00 bits per heavy atom. The van der Waals surface area contributed by atoms with Crippen LogP contribution in [0.5, 0.6) is 5.75 Å². The van der Waals surface area contributed by atoms with Gasteiger partial charge in [-0.15, -0.1) is 0 Å². The number of aryl methyl sites for hydroxylation is 1. The molecule has 0 radical (unpaired) electrons. The minimum atomic E-state index is -0.884. The van der Waals surface area contributed by atoms with E-state index < -0.39 is 11.6 Å². The molecule has 0 aromatic heterocycles. The summed E-state index contributed by atoms with van der Waals surface area (Å²) in [5, 5.41) is 9.27. The van der Waals surface area contributed by atoms with Crippen molar-refractivity contribution in [3.8, 4) is 16.9 Å². The third-order valence-corrected chi connectivity index (χ3v) is 2.43. The minimum Gasteiger partial charge on any atom is -0.508 e. The molecule has 1 N–H and O–H groups in total. The lowest BCUT2D eigenvalue weighted by Gasteiger charge is -2.06. The fourth-order valence-corrected chi connectivity index (χ4v) is 1.54. The predicted molar refractivity (Wildman–Crippen MR) is 58.2 cm³/mol. The van der Waals surface area contributed by atoms with Crippen molar-refractivity contribution in [2.24, 2.45) is 0 Å². The highest BCUT2D eigenvalue weighted by Gasteiger charge is 2.12. The number of hydrogen-bond acceptors (Lipinski definition) is 1. The molecule has 0 saturated heterocycles. The lowest BCUT2D eigenvalue weighted by atomic mass is 10.0. The molecule has 1 nitrogen and oxygen atoms in total. The van der Waals surface area contributed by atoms with Crippen molar-refractivity contribution in [3.63, 3.8) is 0 Å². The van der Waals surface area contributed by atoms with Crippen LogP contribution in [0.2, 0.25) is 0 Å². The molecule has 2 rings (SSSR count). The molecule has 0 bridgehead atoms. The van der Waals surface area contributed by atoms with Crippen molar-refractivity contribution >= 4 is 0 Å². The SMILES string of the molecule is Cc1ccc(-c2cccc(O)c2)c(F)c1F. The monoisotopic (exact) mass is 220 g/mol. The van der Waals surface area contributed by atoms with E-state index in [4.69, 9.17) is 0 Å². The van der Waals surface area contributed by atoms with Crippen LogP contribution in [0.3, 0.4) is 0 Å². The van der Waals surface area contributed by atoms with Crippen molar-refractivity contribution in [2.45, 2.75) is 6.92 Å². The fourth-order valence-electron chi connectivity index (χ4n) is 1.54. The number of aromatic hydroxyl groups is 1. The third-order valence-electron chi connectivity index (χ3n) is 2.43. The summed E-state index contributed by atoms with van der Waals surface area (Å²) in [5.41, 5.74) is 0.872. The molecule has 16 heavy (non-hydrogen) atoms. The maximum absolute atomic E-state index is 13.6. The van der Waals surface area contributed by atoms with E-state index in [1.807, 2.05) is 0 Å². The zero-order chi connectivity index (χ0) is 11.7. The van der Waals surface area contributed by atoms with Gasteiger partial charge in [0.25, 0.3) is 0 Å². The molecule has 3 heteroatoms. The Labute approximate surface area is 92.0 Å². The van der Waals surface area contributed by atoms with Gasteiger partial charge in [-0.3, -0.25) is 0 Å². The Balaban J connectivity index is 2.61. The van der Waals surface area contributed by atoms with E-state index in [9.17, 15) is 13.9 Å². The molecule has 0 aliphatic heterocycles. The average molecular weight is 220 g/mol. The molecule has 0 amide bonds. The van der Waals surface area contributed by atoms with E-state index in [2.05, 4.69) is 0 Å². The first-order chi connectivity index (χ1) is 7.59. The molecule has 2 aromatic rings. The van der Waals surface area contributed by atoms with Gasteiger partial charge in [-0.2, -0.15) is 0 Å². The standard InChI is InChI=1S/C13H10F2O/c1-8-5-6-11(13(15)12(8)14)9-3-2-4-10(16)7-9/h2-7,16H,1H3. The molecule has 0 saturated carbocycles. The van der Waals surface area contributed by atoms with Gasteiger partial charge < -0.3 is 5.11 Å². The molecule has 2 aromatic carbocycles.